The number of benzene rings is 1. The monoisotopic (exact) mass is 364 g/mol. The Labute approximate surface area is 159 Å². The zero-order chi connectivity index (χ0) is 19.2. The van der Waals surface area contributed by atoms with Crippen molar-refractivity contribution in [3.63, 3.8) is 0 Å². The maximum Gasteiger partial charge on any atom is 0.191 e. The Bertz CT molecular complexity index is 535. The Balaban J connectivity index is 2.68. The number of likely N-dealkylation sites (N-methyl/N-ethyl adjacent to an activating group) is 1. The second-order valence-corrected chi connectivity index (χ2v) is 6.32. The van der Waals surface area contributed by atoms with E-state index in [4.69, 9.17) is 14.5 Å². The van der Waals surface area contributed by atoms with Crippen molar-refractivity contribution in [3.05, 3.63) is 29.3 Å². The van der Waals surface area contributed by atoms with Crippen molar-refractivity contribution in [2.24, 2.45) is 4.99 Å². The van der Waals surface area contributed by atoms with E-state index in [1.54, 1.807) is 7.11 Å². The fraction of sp³-hybridized carbons (Fsp3) is 0.650. The van der Waals surface area contributed by atoms with Crippen LogP contribution in [0.3, 0.4) is 0 Å². The summed E-state index contributed by atoms with van der Waals surface area (Å²) in [6, 6.07) is 6.27. The average Bonchev–Trinajstić information content (AvgIpc) is 2.64. The smallest absolute Gasteiger partial charge is 0.191 e. The number of guanidine groups is 1. The predicted octanol–water partition coefficient (Wildman–Crippen LogP) is 2.42. The Morgan fingerprint density at radius 2 is 2.00 bits per heavy atom. The number of ether oxygens (including phenoxy) is 2. The normalized spacial score (nSPS) is 11.7. The molecular weight excluding hydrogens is 328 g/mol. The van der Waals surface area contributed by atoms with Crippen molar-refractivity contribution in [1.29, 1.82) is 0 Å². The van der Waals surface area contributed by atoms with Crippen LogP contribution in [0.25, 0.3) is 0 Å². The molecular formula is C20H36N4O2. The molecule has 0 saturated carbocycles. The van der Waals surface area contributed by atoms with Gasteiger partial charge in [0.2, 0.25) is 0 Å². The van der Waals surface area contributed by atoms with E-state index in [-0.39, 0.29) is 0 Å². The minimum atomic E-state index is 0.582. The van der Waals surface area contributed by atoms with Crippen LogP contribution in [-0.4, -0.2) is 64.4 Å². The van der Waals surface area contributed by atoms with Crippen LogP contribution >= 0.6 is 0 Å². The van der Waals surface area contributed by atoms with Gasteiger partial charge in [0.25, 0.3) is 0 Å². The van der Waals surface area contributed by atoms with Gasteiger partial charge in [-0.2, -0.15) is 0 Å². The van der Waals surface area contributed by atoms with Crippen LogP contribution in [-0.2, 0) is 11.3 Å². The van der Waals surface area contributed by atoms with Gasteiger partial charge in [-0.25, -0.2) is 4.99 Å². The van der Waals surface area contributed by atoms with Crippen LogP contribution in [0.1, 0.15) is 31.4 Å². The van der Waals surface area contributed by atoms with Crippen molar-refractivity contribution >= 4 is 5.96 Å². The number of hydrogen-bond acceptors (Lipinski definition) is 4. The number of nitrogens with one attached hydrogen (secondary N) is 2. The lowest BCUT2D eigenvalue weighted by Crippen LogP contribution is -2.40. The van der Waals surface area contributed by atoms with E-state index in [0.29, 0.717) is 19.8 Å². The van der Waals surface area contributed by atoms with Gasteiger partial charge < -0.3 is 25.0 Å². The third-order valence-corrected chi connectivity index (χ3v) is 4.05. The summed E-state index contributed by atoms with van der Waals surface area (Å²) in [5.74, 6) is 1.74. The quantitative estimate of drug-likeness (QED) is 0.339. The molecule has 26 heavy (non-hydrogen) atoms. The first-order valence-corrected chi connectivity index (χ1v) is 9.52. The number of aryl methyl sites for hydroxylation is 1. The van der Waals surface area contributed by atoms with Crippen LogP contribution in [0.2, 0.25) is 0 Å². The number of hydrogen-bond donors (Lipinski definition) is 2. The van der Waals surface area contributed by atoms with E-state index >= 15 is 0 Å². The number of aliphatic imine (C=N–C) groups is 1. The molecule has 0 aliphatic carbocycles. The lowest BCUT2D eigenvalue weighted by molar-refractivity contribution is 0.172. The first-order chi connectivity index (χ1) is 12.6. The molecule has 0 heterocycles. The molecule has 6 nitrogen and oxygen atoms in total. The summed E-state index contributed by atoms with van der Waals surface area (Å²) in [6.45, 7) is 12.0. The Kier molecular flexibility index (Phi) is 11.5. The lowest BCUT2D eigenvalue weighted by Gasteiger charge is -2.16. The van der Waals surface area contributed by atoms with Crippen LogP contribution in [0.5, 0.6) is 5.75 Å². The van der Waals surface area contributed by atoms with Gasteiger partial charge >= 0.3 is 0 Å². The summed E-state index contributed by atoms with van der Waals surface area (Å²) in [7, 11) is 3.82. The third kappa shape index (κ3) is 9.06. The molecule has 0 bridgehead atoms. The molecule has 2 N–H and O–H groups in total. The molecule has 0 radical (unpaired) electrons. The van der Waals surface area contributed by atoms with Crippen LogP contribution in [0.15, 0.2) is 23.2 Å². The van der Waals surface area contributed by atoms with Gasteiger partial charge in [0.15, 0.2) is 5.96 Å². The first-order valence-electron chi connectivity index (χ1n) is 9.52. The molecule has 1 aromatic rings. The number of rotatable bonds is 12. The average molecular weight is 365 g/mol. The molecule has 0 aromatic heterocycles. The molecule has 0 amide bonds. The highest BCUT2D eigenvalue weighted by atomic mass is 16.5. The molecule has 0 saturated heterocycles. The van der Waals surface area contributed by atoms with Crippen molar-refractivity contribution in [3.8, 4) is 5.75 Å². The number of methoxy groups -OCH3 is 1. The van der Waals surface area contributed by atoms with E-state index in [1.807, 2.05) is 0 Å². The van der Waals surface area contributed by atoms with Gasteiger partial charge in [-0.05, 0) is 39.1 Å². The molecule has 0 atom stereocenters. The largest absolute Gasteiger partial charge is 0.493 e. The molecule has 0 aliphatic rings. The number of nitrogens with zero attached hydrogens (tertiary/aromatic N) is 2. The van der Waals surface area contributed by atoms with Crippen molar-refractivity contribution < 1.29 is 9.47 Å². The second-order valence-electron chi connectivity index (χ2n) is 6.32. The van der Waals surface area contributed by atoms with Crippen LogP contribution in [0.4, 0.5) is 0 Å². The minimum absolute atomic E-state index is 0.582. The molecule has 0 fully saturated rings. The topological polar surface area (TPSA) is 58.1 Å². The van der Waals surface area contributed by atoms with E-state index in [0.717, 1.165) is 49.9 Å². The zero-order valence-electron chi connectivity index (χ0n) is 17.1. The van der Waals surface area contributed by atoms with Gasteiger partial charge in [-0.15, -0.1) is 0 Å². The summed E-state index contributed by atoms with van der Waals surface area (Å²) in [4.78, 5) is 6.98. The molecule has 1 aromatic carbocycles. The van der Waals surface area contributed by atoms with E-state index in [9.17, 15) is 0 Å². The Morgan fingerprint density at radius 3 is 2.69 bits per heavy atom. The van der Waals surface area contributed by atoms with Crippen molar-refractivity contribution in [1.82, 2.24) is 15.5 Å². The molecule has 1 rings (SSSR count). The molecule has 148 valence electrons. The lowest BCUT2D eigenvalue weighted by atomic mass is 10.1. The zero-order valence-corrected chi connectivity index (χ0v) is 17.1. The summed E-state index contributed by atoms with van der Waals surface area (Å²) in [5.41, 5.74) is 2.28. The van der Waals surface area contributed by atoms with Crippen LogP contribution < -0.4 is 15.4 Å². The van der Waals surface area contributed by atoms with E-state index in [1.165, 1.54) is 5.56 Å². The Morgan fingerprint density at radius 1 is 1.19 bits per heavy atom. The summed E-state index contributed by atoms with van der Waals surface area (Å²) in [5, 5.41) is 6.69. The molecule has 0 unspecified atom stereocenters. The van der Waals surface area contributed by atoms with Gasteiger partial charge in [-0.1, -0.05) is 19.1 Å². The van der Waals surface area contributed by atoms with Crippen LogP contribution in [0, 0.1) is 6.92 Å². The highest BCUT2D eigenvalue weighted by Crippen LogP contribution is 2.21. The fourth-order valence-electron chi connectivity index (χ4n) is 2.34. The Hall–Kier alpha value is -1.79. The van der Waals surface area contributed by atoms with E-state index < -0.39 is 0 Å². The second kappa shape index (κ2) is 13.4. The van der Waals surface area contributed by atoms with Crippen molar-refractivity contribution in [2.45, 2.75) is 33.7 Å². The van der Waals surface area contributed by atoms with Crippen molar-refractivity contribution in [2.75, 3.05) is 53.6 Å². The highest BCUT2D eigenvalue weighted by Gasteiger charge is 2.05. The fourth-order valence-corrected chi connectivity index (χ4v) is 2.34. The minimum Gasteiger partial charge on any atom is -0.493 e. The SMILES string of the molecule is CCNC(=NCc1ccc(C)cc1OCCCOC)NCCN(C)CC. The third-order valence-electron chi connectivity index (χ3n) is 4.05. The maximum atomic E-state index is 5.94. The molecule has 6 heteroatoms. The summed E-state index contributed by atoms with van der Waals surface area (Å²) >= 11 is 0. The summed E-state index contributed by atoms with van der Waals surface area (Å²) < 4.78 is 11.0. The highest BCUT2D eigenvalue weighted by molar-refractivity contribution is 5.79. The predicted molar refractivity (Wildman–Crippen MR) is 109 cm³/mol. The summed E-state index contributed by atoms with van der Waals surface area (Å²) in [6.07, 6.45) is 0.877. The van der Waals surface area contributed by atoms with E-state index in [2.05, 4.69) is 61.6 Å². The first kappa shape index (κ1) is 22.3. The van der Waals surface area contributed by atoms with Gasteiger partial charge in [0, 0.05) is 45.3 Å². The van der Waals surface area contributed by atoms with Gasteiger partial charge in [-0.3, -0.25) is 0 Å². The molecule has 0 aliphatic heterocycles. The molecule has 0 spiro atoms. The van der Waals surface area contributed by atoms with Gasteiger partial charge in [0.1, 0.15) is 5.75 Å². The standard InChI is InChI=1S/C20H36N4O2/c1-6-21-20(22-11-12-24(4)7-2)23-16-18-10-9-17(3)15-19(18)26-14-8-13-25-5/h9-10,15H,6-8,11-14,16H2,1-5H3,(H2,21,22,23). The maximum absolute atomic E-state index is 5.94. The van der Waals surface area contributed by atoms with Gasteiger partial charge in [0.05, 0.1) is 13.2 Å².